The number of oxazole rings is 1. The van der Waals surface area contributed by atoms with Crippen molar-refractivity contribution in [3.8, 4) is 17.2 Å². The van der Waals surface area contributed by atoms with Crippen LogP contribution in [-0.2, 0) is 0 Å². The van der Waals surface area contributed by atoms with Crippen molar-refractivity contribution < 1.29 is 14.3 Å². The van der Waals surface area contributed by atoms with E-state index in [1.165, 1.54) is 11.6 Å². The van der Waals surface area contributed by atoms with Crippen LogP contribution in [0.15, 0.2) is 59.0 Å². The molecular weight excluding hydrogens is 434 g/mol. The highest BCUT2D eigenvalue weighted by Crippen LogP contribution is 2.33. The summed E-state index contributed by atoms with van der Waals surface area (Å²) in [6, 6.07) is 16.5. The molecule has 0 fully saturated rings. The summed E-state index contributed by atoms with van der Waals surface area (Å²) in [5.74, 6) is 0.402. The molecule has 0 atom stereocenters. The standard InChI is InChI=1S/C26H25N3O3S/c1-14(2)17-5-8-23-21(12-17)28-25(32-23)20-7-6-19(13-22(20)30)27-26(33)29-24(31)18-10-15(3)9-16(4)11-18/h5-14,30H,1-4H3,(H2,27,29,31,33). The monoisotopic (exact) mass is 459 g/mol. The van der Waals surface area contributed by atoms with Crippen LogP contribution in [0, 0.1) is 13.8 Å². The minimum atomic E-state index is -0.299. The van der Waals surface area contributed by atoms with Gasteiger partial charge in [-0.25, -0.2) is 4.98 Å². The third kappa shape index (κ3) is 5.04. The first-order valence-electron chi connectivity index (χ1n) is 10.6. The van der Waals surface area contributed by atoms with Crippen molar-refractivity contribution >= 4 is 40.0 Å². The summed E-state index contributed by atoms with van der Waals surface area (Å²) in [7, 11) is 0. The number of carbonyl (C=O) groups excluding carboxylic acids is 1. The molecule has 0 aliphatic heterocycles. The summed E-state index contributed by atoms with van der Waals surface area (Å²) < 4.78 is 5.84. The lowest BCUT2D eigenvalue weighted by Gasteiger charge is -2.11. The Morgan fingerprint density at radius 2 is 1.76 bits per heavy atom. The van der Waals surface area contributed by atoms with Crippen molar-refractivity contribution in [2.24, 2.45) is 0 Å². The lowest BCUT2D eigenvalue weighted by molar-refractivity contribution is 0.0977. The largest absolute Gasteiger partial charge is 0.507 e. The Bertz CT molecular complexity index is 1350. The normalized spacial score (nSPS) is 11.1. The number of phenolic OH excluding ortho intramolecular Hbond substituents is 1. The van der Waals surface area contributed by atoms with Crippen LogP contribution in [0.2, 0.25) is 0 Å². The molecule has 0 radical (unpaired) electrons. The maximum absolute atomic E-state index is 12.5. The van der Waals surface area contributed by atoms with Crippen LogP contribution in [0.4, 0.5) is 5.69 Å². The van der Waals surface area contributed by atoms with Gasteiger partial charge in [-0.2, -0.15) is 0 Å². The van der Waals surface area contributed by atoms with E-state index in [-0.39, 0.29) is 16.8 Å². The van der Waals surface area contributed by atoms with Crippen LogP contribution < -0.4 is 10.6 Å². The maximum Gasteiger partial charge on any atom is 0.257 e. The molecule has 3 N–H and O–H groups in total. The van der Waals surface area contributed by atoms with Gasteiger partial charge in [-0.15, -0.1) is 0 Å². The number of thiocarbonyl (C=S) groups is 1. The number of aromatic hydroxyl groups is 1. The fourth-order valence-electron chi connectivity index (χ4n) is 3.65. The third-order valence-corrected chi connectivity index (χ3v) is 5.48. The fourth-order valence-corrected chi connectivity index (χ4v) is 3.86. The molecule has 0 aliphatic rings. The number of anilines is 1. The number of nitrogens with zero attached hydrogens (tertiary/aromatic N) is 1. The first kappa shape index (κ1) is 22.5. The zero-order valence-corrected chi connectivity index (χ0v) is 19.7. The molecule has 4 rings (SSSR count). The van der Waals surface area contributed by atoms with E-state index in [4.69, 9.17) is 16.6 Å². The number of phenols is 1. The first-order valence-corrected chi connectivity index (χ1v) is 11.0. The number of hydrogen-bond donors (Lipinski definition) is 3. The molecule has 33 heavy (non-hydrogen) atoms. The Balaban J connectivity index is 1.49. The number of fused-ring (bicyclic) bond motifs is 1. The molecular formula is C26H25N3O3S. The average Bonchev–Trinajstić information content (AvgIpc) is 3.15. The topological polar surface area (TPSA) is 87.4 Å². The smallest absolute Gasteiger partial charge is 0.257 e. The molecule has 4 aromatic rings. The van der Waals surface area contributed by atoms with Gasteiger partial charge < -0.3 is 14.8 Å². The number of amides is 1. The second-order valence-corrected chi connectivity index (χ2v) is 8.83. The van der Waals surface area contributed by atoms with Gasteiger partial charge in [-0.3, -0.25) is 10.1 Å². The van der Waals surface area contributed by atoms with E-state index in [0.29, 0.717) is 34.2 Å². The molecule has 6 nitrogen and oxygen atoms in total. The second-order valence-electron chi connectivity index (χ2n) is 8.42. The Hall–Kier alpha value is -3.71. The number of hydrogen-bond acceptors (Lipinski definition) is 5. The molecule has 0 bridgehead atoms. The lowest BCUT2D eigenvalue weighted by atomic mass is 10.0. The number of rotatable bonds is 4. The highest BCUT2D eigenvalue weighted by atomic mass is 32.1. The SMILES string of the molecule is Cc1cc(C)cc(C(=O)NC(=S)Nc2ccc(-c3nc4cc(C(C)C)ccc4o3)c(O)c2)c1. The highest BCUT2D eigenvalue weighted by molar-refractivity contribution is 7.80. The summed E-state index contributed by atoms with van der Waals surface area (Å²) in [4.78, 5) is 17.0. The molecule has 1 amide bonds. The summed E-state index contributed by atoms with van der Waals surface area (Å²) in [5.41, 5.74) is 6.10. The van der Waals surface area contributed by atoms with Crippen molar-refractivity contribution in [1.82, 2.24) is 10.3 Å². The van der Waals surface area contributed by atoms with Crippen LogP contribution in [0.25, 0.3) is 22.6 Å². The van der Waals surface area contributed by atoms with Gasteiger partial charge in [-0.05, 0) is 73.9 Å². The number of aryl methyl sites for hydroxylation is 2. The van der Waals surface area contributed by atoms with Gasteiger partial charge in [0.15, 0.2) is 10.7 Å². The Morgan fingerprint density at radius 3 is 2.42 bits per heavy atom. The Labute approximate surface area is 197 Å². The van der Waals surface area contributed by atoms with Crippen molar-refractivity contribution in [2.45, 2.75) is 33.6 Å². The fraction of sp³-hybridized carbons (Fsp3) is 0.192. The summed E-state index contributed by atoms with van der Waals surface area (Å²) in [6.45, 7) is 8.11. The van der Waals surface area contributed by atoms with E-state index in [1.54, 1.807) is 24.3 Å². The number of nitrogens with one attached hydrogen (secondary N) is 2. The molecule has 0 saturated carbocycles. The molecule has 3 aromatic carbocycles. The van der Waals surface area contributed by atoms with Crippen LogP contribution in [0.3, 0.4) is 0 Å². The Kier molecular flexibility index (Phi) is 6.16. The lowest BCUT2D eigenvalue weighted by Crippen LogP contribution is -2.34. The summed E-state index contributed by atoms with van der Waals surface area (Å²) in [5, 5.41) is 16.3. The van der Waals surface area contributed by atoms with E-state index in [2.05, 4.69) is 29.5 Å². The molecule has 0 unspecified atom stereocenters. The van der Waals surface area contributed by atoms with Crippen molar-refractivity contribution in [1.29, 1.82) is 0 Å². The Morgan fingerprint density at radius 1 is 1.03 bits per heavy atom. The second kappa shape index (κ2) is 9.03. The van der Waals surface area contributed by atoms with Gasteiger partial charge in [0, 0.05) is 17.3 Å². The van der Waals surface area contributed by atoms with Gasteiger partial charge in [0.05, 0.1) is 5.56 Å². The number of carbonyl (C=O) groups is 1. The summed E-state index contributed by atoms with van der Waals surface area (Å²) in [6.07, 6.45) is 0. The zero-order valence-electron chi connectivity index (χ0n) is 18.9. The van der Waals surface area contributed by atoms with Crippen molar-refractivity contribution in [3.05, 3.63) is 76.9 Å². The third-order valence-electron chi connectivity index (χ3n) is 5.28. The molecule has 1 heterocycles. The van der Waals surface area contributed by atoms with Gasteiger partial charge in [-0.1, -0.05) is 37.1 Å². The van der Waals surface area contributed by atoms with Crippen molar-refractivity contribution in [3.63, 3.8) is 0 Å². The van der Waals surface area contributed by atoms with Gasteiger partial charge in [0.2, 0.25) is 5.89 Å². The van der Waals surface area contributed by atoms with E-state index in [1.807, 2.05) is 38.1 Å². The van der Waals surface area contributed by atoms with E-state index in [9.17, 15) is 9.90 Å². The summed E-state index contributed by atoms with van der Waals surface area (Å²) >= 11 is 5.27. The molecule has 0 saturated heterocycles. The highest BCUT2D eigenvalue weighted by Gasteiger charge is 2.15. The number of benzene rings is 3. The first-order chi connectivity index (χ1) is 15.7. The van der Waals surface area contributed by atoms with Gasteiger partial charge in [0.25, 0.3) is 5.91 Å². The molecule has 168 valence electrons. The van der Waals surface area contributed by atoms with Crippen LogP contribution in [-0.4, -0.2) is 21.1 Å². The van der Waals surface area contributed by atoms with Gasteiger partial charge in [0.1, 0.15) is 11.3 Å². The zero-order chi connectivity index (χ0) is 23.7. The van der Waals surface area contributed by atoms with Crippen LogP contribution in [0.5, 0.6) is 5.75 Å². The van der Waals surface area contributed by atoms with E-state index in [0.717, 1.165) is 16.6 Å². The van der Waals surface area contributed by atoms with Crippen LogP contribution >= 0.6 is 12.2 Å². The quantitative estimate of drug-likeness (QED) is 0.321. The maximum atomic E-state index is 12.5. The molecule has 7 heteroatoms. The van der Waals surface area contributed by atoms with Crippen molar-refractivity contribution in [2.75, 3.05) is 5.32 Å². The van der Waals surface area contributed by atoms with E-state index >= 15 is 0 Å². The van der Waals surface area contributed by atoms with Gasteiger partial charge >= 0.3 is 0 Å². The van der Waals surface area contributed by atoms with Crippen LogP contribution in [0.1, 0.15) is 46.8 Å². The minimum absolute atomic E-state index is 0.0147. The predicted octanol–water partition coefficient (Wildman–Crippen LogP) is 6.07. The molecule has 0 aliphatic carbocycles. The number of aromatic nitrogens is 1. The van der Waals surface area contributed by atoms with E-state index < -0.39 is 0 Å². The molecule has 0 spiro atoms. The minimum Gasteiger partial charge on any atom is -0.507 e. The average molecular weight is 460 g/mol. The molecule has 1 aromatic heterocycles. The predicted molar refractivity (Wildman–Crippen MR) is 135 cm³/mol.